The molecule has 32 heavy (non-hydrogen) atoms. The Balaban J connectivity index is 0.00000363. The molecule has 0 bridgehead atoms. The average molecular weight is 573 g/mol. The molecule has 176 valence electrons. The van der Waals surface area contributed by atoms with Crippen LogP contribution in [0.1, 0.15) is 39.8 Å². The van der Waals surface area contributed by atoms with Gasteiger partial charge in [0.05, 0.1) is 24.4 Å². The fourth-order valence-electron chi connectivity index (χ4n) is 3.71. The molecule has 2 aromatic rings. The van der Waals surface area contributed by atoms with Gasteiger partial charge >= 0.3 is 0 Å². The largest absolute Gasteiger partial charge is 0.497 e. The highest BCUT2D eigenvalue weighted by atomic mass is 127. The number of rotatable bonds is 9. The van der Waals surface area contributed by atoms with E-state index in [4.69, 9.17) is 4.74 Å². The Morgan fingerprint density at radius 1 is 1.19 bits per heavy atom. The van der Waals surface area contributed by atoms with Gasteiger partial charge in [0, 0.05) is 26.7 Å². The van der Waals surface area contributed by atoms with E-state index in [0.29, 0.717) is 18.0 Å². The smallest absolute Gasteiger partial charge is 0.263 e. The number of nitrogens with one attached hydrogen (secondary N) is 3. The number of aromatic nitrogens is 1. The summed E-state index contributed by atoms with van der Waals surface area (Å²) in [6.45, 7) is 5.89. The summed E-state index contributed by atoms with van der Waals surface area (Å²) in [6, 6.07) is 8.56. The van der Waals surface area contributed by atoms with Gasteiger partial charge in [-0.15, -0.1) is 35.3 Å². The number of thiazole rings is 1. The molecule has 1 aromatic carbocycles. The van der Waals surface area contributed by atoms with Gasteiger partial charge in [0.25, 0.3) is 5.91 Å². The maximum atomic E-state index is 12.2. The first kappa shape index (κ1) is 26.3. The lowest BCUT2D eigenvalue weighted by molar-refractivity contribution is 0.0957. The summed E-state index contributed by atoms with van der Waals surface area (Å²) in [4.78, 5) is 23.8. The van der Waals surface area contributed by atoms with Crippen molar-refractivity contribution in [2.24, 2.45) is 4.99 Å². The summed E-state index contributed by atoms with van der Waals surface area (Å²) in [6.07, 6.45) is 2.47. The van der Waals surface area contributed by atoms with Gasteiger partial charge in [-0.2, -0.15) is 0 Å². The van der Waals surface area contributed by atoms with Gasteiger partial charge < -0.3 is 20.7 Å². The maximum absolute atomic E-state index is 12.2. The predicted octanol–water partition coefficient (Wildman–Crippen LogP) is 2.81. The van der Waals surface area contributed by atoms with Crippen LogP contribution >= 0.6 is 35.3 Å². The van der Waals surface area contributed by atoms with E-state index in [1.165, 1.54) is 29.7 Å². The van der Waals surface area contributed by atoms with Crippen molar-refractivity contribution in [3.8, 4) is 5.75 Å². The maximum Gasteiger partial charge on any atom is 0.263 e. The van der Waals surface area contributed by atoms with Gasteiger partial charge in [-0.25, -0.2) is 4.98 Å². The van der Waals surface area contributed by atoms with Gasteiger partial charge in [0.15, 0.2) is 5.96 Å². The Kier molecular flexibility index (Phi) is 11.2. The fourth-order valence-corrected chi connectivity index (χ4v) is 4.43. The zero-order chi connectivity index (χ0) is 22.1. The third kappa shape index (κ3) is 7.31. The van der Waals surface area contributed by atoms with E-state index < -0.39 is 0 Å². The molecule has 1 amide bonds. The summed E-state index contributed by atoms with van der Waals surface area (Å²) in [5.41, 5.74) is 3.71. The Morgan fingerprint density at radius 3 is 2.47 bits per heavy atom. The molecule has 1 aromatic heterocycles. The number of aryl methyl sites for hydroxylation is 1. The summed E-state index contributed by atoms with van der Waals surface area (Å²) in [5.74, 6) is 1.50. The Morgan fingerprint density at radius 2 is 1.88 bits per heavy atom. The molecule has 8 nitrogen and oxygen atoms in total. The summed E-state index contributed by atoms with van der Waals surface area (Å²) >= 11 is 1.36. The molecule has 3 N–H and O–H groups in total. The van der Waals surface area contributed by atoms with Crippen LogP contribution in [0.2, 0.25) is 0 Å². The van der Waals surface area contributed by atoms with Crippen LogP contribution in [-0.2, 0) is 0 Å². The van der Waals surface area contributed by atoms with Crippen LogP contribution in [0, 0.1) is 6.92 Å². The van der Waals surface area contributed by atoms with Crippen molar-refractivity contribution >= 4 is 47.2 Å². The van der Waals surface area contributed by atoms with E-state index in [0.717, 1.165) is 37.0 Å². The zero-order valence-corrected chi connectivity index (χ0v) is 22.0. The van der Waals surface area contributed by atoms with Crippen LogP contribution in [0.15, 0.2) is 34.8 Å². The Bertz CT molecular complexity index is 868. The van der Waals surface area contributed by atoms with Gasteiger partial charge in [-0.1, -0.05) is 12.1 Å². The highest BCUT2D eigenvalue weighted by molar-refractivity contribution is 14.0. The van der Waals surface area contributed by atoms with Crippen LogP contribution in [0.25, 0.3) is 0 Å². The van der Waals surface area contributed by atoms with Crippen molar-refractivity contribution in [2.75, 3.05) is 46.9 Å². The van der Waals surface area contributed by atoms with Crippen LogP contribution in [0.5, 0.6) is 5.75 Å². The van der Waals surface area contributed by atoms with E-state index in [1.807, 2.05) is 19.1 Å². The van der Waals surface area contributed by atoms with Gasteiger partial charge in [0.2, 0.25) is 0 Å². The molecule has 10 heteroatoms. The van der Waals surface area contributed by atoms with Crippen LogP contribution in [0.4, 0.5) is 0 Å². The molecule has 1 aliphatic heterocycles. The van der Waals surface area contributed by atoms with Crippen LogP contribution in [-0.4, -0.2) is 68.6 Å². The van der Waals surface area contributed by atoms with E-state index in [1.54, 1.807) is 19.7 Å². The predicted molar refractivity (Wildman–Crippen MR) is 141 cm³/mol. The lowest BCUT2D eigenvalue weighted by atomic mass is 10.1. The molecule has 3 rings (SSSR count). The molecule has 1 atom stereocenters. The molecule has 0 radical (unpaired) electrons. The molecule has 2 heterocycles. The van der Waals surface area contributed by atoms with Crippen molar-refractivity contribution in [1.82, 2.24) is 25.8 Å². The summed E-state index contributed by atoms with van der Waals surface area (Å²) in [5, 5.41) is 9.64. The first-order chi connectivity index (χ1) is 15.1. The number of guanidine groups is 1. The number of amides is 1. The molecule has 0 saturated carbocycles. The molecule has 0 aliphatic carbocycles. The number of hydrogen-bond donors (Lipinski definition) is 3. The second-order valence-corrected chi connectivity index (χ2v) is 8.29. The number of ether oxygens (including phenoxy) is 1. The van der Waals surface area contributed by atoms with Crippen LogP contribution < -0.4 is 20.7 Å². The van der Waals surface area contributed by atoms with Crippen molar-refractivity contribution in [2.45, 2.75) is 25.8 Å². The number of aliphatic imine (C=N–C) groups is 1. The highest BCUT2D eigenvalue weighted by Gasteiger charge is 2.23. The summed E-state index contributed by atoms with van der Waals surface area (Å²) < 4.78 is 5.30. The fraction of sp³-hybridized carbons (Fsp3) is 0.500. The van der Waals surface area contributed by atoms with Gasteiger partial charge in [-0.3, -0.25) is 14.7 Å². The molecule has 1 aliphatic rings. The van der Waals surface area contributed by atoms with E-state index >= 15 is 0 Å². The number of likely N-dealkylation sites (tertiary alicyclic amines) is 1. The number of benzene rings is 1. The molecule has 0 spiro atoms. The monoisotopic (exact) mass is 572 g/mol. The first-order valence-corrected chi connectivity index (χ1v) is 11.5. The van der Waals surface area contributed by atoms with Crippen molar-refractivity contribution in [3.63, 3.8) is 0 Å². The normalized spacial score (nSPS) is 15.0. The topological polar surface area (TPSA) is 90.9 Å². The quantitative estimate of drug-likeness (QED) is 0.185. The van der Waals surface area contributed by atoms with Gasteiger partial charge in [0.1, 0.15) is 10.6 Å². The van der Waals surface area contributed by atoms with Crippen molar-refractivity contribution in [3.05, 3.63) is 45.9 Å². The molecule has 1 saturated heterocycles. The Hall–Kier alpha value is -1.92. The lowest BCUT2D eigenvalue weighted by Crippen LogP contribution is -2.44. The number of halogens is 1. The number of methoxy groups -OCH3 is 1. The summed E-state index contributed by atoms with van der Waals surface area (Å²) in [7, 11) is 3.44. The number of hydrogen-bond acceptors (Lipinski definition) is 6. The standard InChI is InChI=1S/C22H32N6O2S.HI/c1-16-20(31-15-27-16)21(29)24-10-11-25-22(23-2)26-14-19(28-12-4-5-13-28)17-6-8-18(30-3)9-7-17;/h6-9,15,19H,4-5,10-14H2,1-3H3,(H,24,29)(H2,23,25,26);1H. The number of nitrogens with zero attached hydrogens (tertiary/aromatic N) is 3. The van der Waals surface area contributed by atoms with Crippen LogP contribution in [0.3, 0.4) is 0 Å². The minimum absolute atomic E-state index is 0. The molecule has 1 unspecified atom stereocenters. The molecule has 1 fully saturated rings. The third-order valence-corrected chi connectivity index (χ3v) is 6.35. The van der Waals surface area contributed by atoms with E-state index in [9.17, 15) is 4.79 Å². The van der Waals surface area contributed by atoms with Gasteiger partial charge in [-0.05, 0) is 50.6 Å². The minimum Gasteiger partial charge on any atom is -0.497 e. The van der Waals surface area contributed by atoms with Crippen molar-refractivity contribution in [1.29, 1.82) is 0 Å². The first-order valence-electron chi connectivity index (χ1n) is 10.6. The third-order valence-electron chi connectivity index (χ3n) is 5.42. The lowest BCUT2D eigenvalue weighted by Gasteiger charge is -2.29. The second kappa shape index (κ2) is 13.6. The van der Waals surface area contributed by atoms with E-state index in [2.05, 4.69) is 43.0 Å². The minimum atomic E-state index is -0.0849. The Labute approximate surface area is 211 Å². The molecular weight excluding hydrogens is 539 g/mol. The highest BCUT2D eigenvalue weighted by Crippen LogP contribution is 2.26. The SMILES string of the molecule is CN=C(NCCNC(=O)c1scnc1C)NCC(c1ccc(OC)cc1)N1CCCC1.I. The number of carbonyl (C=O) groups is 1. The zero-order valence-electron chi connectivity index (χ0n) is 18.9. The van der Waals surface area contributed by atoms with E-state index in [-0.39, 0.29) is 35.9 Å². The van der Waals surface area contributed by atoms with Crippen molar-refractivity contribution < 1.29 is 9.53 Å². The second-order valence-electron chi connectivity index (χ2n) is 7.43. The number of carbonyl (C=O) groups excluding carboxylic acids is 1. The molecular formula is C22H33IN6O2S. The average Bonchev–Trinajstić information content (AvgIpc) is 3.47.